The molecule has 0 spiro atoms. The number of carbonyl (C=O) groups excluding carboxylic acids is 4. The van der Waals surface area contributed by atoms with E-state index in [0.29, 0.717) is 49.3 Å². The molecule has 3 amide bonds. The Morgan fingerprint density at radius 3 is 2.32 bits per heavy atom. The minimum Gasteiger partial charge on any atom is -0.497 e. The van der Waals surface area contributed by atoms with E-state index in [-0.39, 0.29) is 18.2 Å². The number of hydrogen-bond acceptors (Lipinski definition) is 9. The lowest BCUT2D eigenvalue weighted by molar-refractivity contribution is -0.115. The summed E-state index contributed by atoms with van der Waals surface area (Å²) in [4.78, 5) is 54.2. The van der Waals surface area contributed by atoms with E-state index >= 15 is 0 Å². The minimum absolute atomic E-state index is 0.0328. The van der Waals surface area contributed by atoms with Crippen LogP contribution in [0.5, 0.6) is 11.5 Å². The normalized spacial score (nSPS) is 11.6. The van der Waals surface area contributed by atoms with Crippen LogP contribution in [0.2, 0.25) is 0 Å². The zero-order valence-electron chi connectivity index (χ0n) is 29.9. The van der Waals surface area contributed by atoms with Crippen molar-refractivity contribution in [1.29, 1.82) is 0 Å². The minimum atomic E-state index is -0.583. The van der Waals surface area contributed by atoms with Crippen molar-refractivity contribution in [3.63, 3.8) is 0 Å². The molecule has 1 unspecified atom stereocenters. The van der Waals surface area contributed by atoms with Crippen LogP contribution in [0.1, 0.15) is 45.7 Å². The van der Waals surface area contributed by atoms with Crippen LogP contribution in [-0.4, -0.2) is 49.8 Å². The Morgan fingerprint density at radius 2 is 1.62 bits per heavy atom. The standard InChI is InChI=1S/C41H39N3O7S2/c1-6-51-41(48)36-33(27-17-15-25(2)16-18-27)24-52-40(36)44-37(45)26(3)53-32-14-10-13-30(23-32)42-39(47)34(43-38(46)28-11-8-7-9-12-28)22-29-21-31(49-4)19-20-35(29)50-5/h7-24,26H,6H2,1-5H3,(H,42,47)(H,43,46)(H,44,45)/b34-22+. The van der Waals surface area contributed by atoms with Gasteiger partial charge in [-0.1, -0.05) is 54.1 Å². The smallest absolute Gasteiger partial charge is 0.341 e. The lowest BCUT2D eigenvalue weighted by Gasteiger charge is -2.15. The van der Waals surface area contributed by atoms with Gasteiger partial charge in [-0.2, -0.15) is 0 Å². The van der Waals surface area contributed by atoms with Gasteiger partial charge in [0.25, 0.3) is 11.8 Å². The molecule has 12 heteroatoms. The largest absolute Gasteiger partial charge is 0.497 e. The van der Waals surface area contributed by atoms with E-state index in [0.717, 1.165) is 11.1 Å². The fourth-order valence-electron chi connectivity index (χ4n) is 5.17. The third-order valence-corrected chi connectivity index (χ3v) is 9.90. The number of anilines is 2. The fraction of sp³-hybridized carbons (Fsp3) is 0.171. The van der Waals surface area contributed by atoms with Crippen molar-refractivity contribution in [3.8, 4) is 22.6 Å². The van der Waals surface area contributed by atoms with Crippen molar-refractivity contribution in [2.45, 2.75) is 30.9 Å². The topological polar surface area (TPSA) is 132 Å². The van der Waals surface area contributed by atoms with Gasteiger partial charge >= 0.3 is 5.97 Å². The van der Waals surface area contributed by atoms with E-state index in [4.69, 9.17) is 14.2 Å². The lowest BCUT2D eigenvalue weighted by atomic mass is 10.0. The maximum atomic E-state index is 13.8. The second-order valence-corrected chi connectivity index (χ2v) is 14.0. The number of esters is 1. The molecule has 0 saturated heterocycles. The van der Waals surface area contributed by atoms with Gasteiger partial charge in [-0.25, -0.2) is 4.79 Å². The van der Waals surface area contributed by atoms with Gasteiger partial charge in [0, 0.05) is 32.7 Å². The number of ether oxygens (including phenoxy) is 3. The maximum Gasteiger partial charge on any atom is 0.341 e. The van der Waals surface area contributed by atoms with Crippen molar-refractivity contribution in [3.05, 3.63) is 130 Å². The number of nitrogens with one attached hydrogen (secondary N) is 3. The molecule has 3 N–H and O–H groups in total. The van der Waals surface area contributed by atoms with E-state index in [1.165, 1.54) is 43.4 Å². The van der Waals surface area contributed by atoms with Crippen LogP contribution in [0.15, 0.2) is 113 Å². The molecule has 1 aromatic heterocycles. The molecule has 10 nitrogen and oxygen atoms in total. The number of aryl methyl sites for hydroxylation is 1. The number of amides is 3. The summed E-state index contributed by atoms with van der Waals surface area (Å²) in [5.41, 5.74) is 4.22. The molecule has 1 heterocycles. The summed E-state index contributed by atoms with van der Waals surface area (Å²) >= 11 is 2.54. The van der Waals surface area contributed by atoms with Crippen molar-refractivity contribution < 1.29 is 33.4 Å². The van der Waals surface area contributed by atoms with E-state index in [9.17, 15) is 19.2 Å². The molecule has 0 bridgehead atoms. The number of thioether (sulfide) groups is 1. The van der Waals surface area contributed by atoms with Gasteiger partial charge < -0.3 is 30.2 Å². The first kappa shape index (κ1) is 38.4. The van der Waals surface area contributed by atoms with Gasteiger partial charge in [0.15, 0.2) is 0 Å². The summed E-state index contributed by atoms with van der Waals surface area (Å²) in [5, 5.41) is 10.2. The van der Waals surface area contributed by atoms with E-state index in [1.807, 2.05) is 42.6 Å². The Kier molecular flexibility index (Phi) is 13.1. The quantitative estimate of drug-likeness (QED) is 0.0586. The van der Waals surface area contributed by atoms with Gasteiger partial charge in [-0.05, 0) is 80.9 Å². The second-order valence-electron chi connectivity index (χ2n) is 11.7. The van der Waals surface area contributed by atoms with Gasteiger partial charge in [-0.3, -0.25) is 14.4 Å². The highest BCUT2D eigenvalue weighted by molar-refractivity contribution is 8.00. The molecular formula is C41H39N3O7S2. The number of benzene rings is 4. The first-order valence-electron chi connectivity index (χ1n) is 16.6. The molecule has 0 aliphatic rings. The molecule has 272 valence electrons. The molecule has 5 rings (SSSR count). The Labute approximate surface area is 316 Å². The summed E-state index contributed by atoms with van der Waals surface area (Å²) < 4.78 is 16.2. The molecule has 0 aliphatic heterocycles. The molecule has 1 atom stereocenters. The average molecular weight is 750 g/mol. The summed E-state index contributed by atoms with van der Waals surface area (Å²) in [6, 6.07) is 28.5. The number of methoxy groups -OCH3 is 2. The molecule has 5 aromatic rings. The lowest BCUT2D eigenvalue weighted by Crippen LogP contribution is -2.30. The summed E-state index contributed by atoms with van der Waals surface area (Å²) in [7, 11) is 3.04. The zero-order chi connectivity index (χ0) is 37.9. The predicted octanol–water partition coefficient (Wildman–Crippen LogP) is 8.45. The van der Waals surface area contributed by atoms with Crippen LogP contribution in [0.3, 0.4) is 0 Å². The monoisotopic (exact) mass is 749 g/mol. The van der Waals surface area contributed by atoms with Gasteiger partial charge in [-0.15, -0.1) is 23.1 Å². The zero-order valence-corrected chi connectivity index (χ0v) is 31.5. The van der Waals surface area contributed by atoms with Crippen molar-refractivity contribution in [2.75, 3.05) is 31.5 Å². The highest BCUT2D eigenvalue weighted by Crippen LogP contribution is 2.37. The van der Waals surface area contributed by atoms with Gasteiger partial charge in [0.2, 0.25) is 5.91 Å². The van der Waals surface area contributed by atoms with E-state index in [1.54, 1.807) is 80.6 Å². The van der Waals surface area contributed by atoms with Gasteiger partial charge in [0.1, 0.15) is 27.8 Å². The van der Waals surface area contributed by atoms with Crippen LogP contribution in [-0.2, 0) is 14.3 Å². The van der Waals surface area contributed by atoms with Gasteiger partial charge in [0.05, 0.1) is 26.1 Å². The van der Waals surface area contributed by atoms with Crippen molar-refractivity contribution >= 4 is 63.6 Å². The number of hydrogen-bond donors (Lipinski definition) is 3. The molecule has 0 saturated carbocycles. The fourth-order valence-corrected chi connectivity index (χ4v) is 7.05. The summed E-state index contributed by atoms with van der Waals surface area (Å²) in [6.45, 7) is 5.67. The molecule has 0 aliphatic carbocycles. The van der Waals surface area contributed by atoms with Crippen LogP contribution >= 0.6 is 23.1 Å². The molecule has 53 heavy (non-hydrogen) atoms. The molecular weight excluding hydrogens is 711 g/mol. The maximum absolute atomic E-state index is 13.8. The molecule has 0 radical (unpaired) electrons. The number of carbonyl (C=O) groups is 4. The Morgan fingerprint density at radius 1 is 0.868 bits per heavy atom. The highest BCUT2D eigenvalue weighted by Gasteiger charge is 2.25. The van der Waals surface area contributed by atoms with Crippen molar-refractivity contribution in [2.24, 2.45) is 0 Å². The summed E-state index contributed by atoms with van der Waals surface area (Å²) in [5.74, 6) is -0.868. The van der Waals surface area contributed by atoms with Crippen LogP contribution in [0, 0.1) is 6.92 Å². The molecule has 4 aromatic carbocycles. The number of thiophene rings is 1. The number of rotatable bonds is 14. The predicted molar refractivity (Wildman–Crippen MR) is 211 cm³/mol. The summed E-state index contributed by atoms with van der Waals surface area (Å²) in [6.07, 6.45) is 1.52. The Balaban J connectivity index is 1.34. The van der Waals surface area contributed by atoms with Crippen LogP contribution in [0.4, 0.5) is 10.7 Å². The highest BCUT2D eigenvalue weighted by atomic mass is 32.2. The third-order valence-electron chi connectivity index (χ3n) is 7.91. The SMILES string of the molecule is CCOC(=O)c1c(-c2ccc(C)cc2)csc1NC(=O)C(C)Sc1cccc(NC(=O)/C(=C\c2cc(OC)ccc2OC)NC(=O)c2ccccc2)c1. The Hall–Kier alpha value is -5.85. The first-order valence-corrected chi connectivity index (χ1v) is 18.4. The molecule has 0 fully saturated rings. The van der Waals surface area contributed by atoms with Crippen molar-refractivity contribution in [1.82, 2.24) is 5.32 Å². The first-order chi connectivity index (χ1) is 25.6. The van der Waals surface area contributed by atoms with E-state index in [2.05, 4.69) is 16.0 Å². The Bertz CT molecular complexity index is 2130. The third kappa shape index (κ3) is 9.94. The van der Waals surface area contributed by atoms with E-state index < -0.39 is 23.0 Å². The second kappa shape index (κ2) is 18.1. The van der Waals surface area contributed by atoms with Crippen LogP contribution < -0.4 is 25.4 Å². The van der Waals surface area contributed by atoms with Crippen LogP contribution in [0.25, 0.3) is 17.2 Å². The average Bonchev–Trinajstić information content (AvgIpc) is 3.58.